The molecule has 0 bridgehead atoms. The predicted octanol–water partition coefficient (Wildman–Crippen LogP) is 1.30. The van der Waals surface area contributed by atoms with E-state index in [1.165, 1.54) is 0 Å². The van der Waals surface area contributed by atoms with E-state index in [2.05, 4.69) is 20.0 Å². The summed E-state index contributed by atoms with van der Waals surface area (Å²) in [5, 5.41) is 3.88. The van der Waals surface area contributed by atoms with E-state index in [-0.39, 0.29) is 11.9 Å². The molecular weight excluding hydrogens is 298 g/mol. The molecule has 3 heterocycles. The lowest BCUT2D eigenvalue weighted by Crippen LogP contribution is -2.40. The van der Waals surface area contributed by atoms with Crippen molar-refractivity contribution in [3.05, 3.63) is 29.6 Å². The van der Waals surface area contributed by atoms with Gasteiger partial charge in [0, 0.05) is 33.0 Å². The number of carbonyl (C=O) groups excluding carboxylic acids is 1. The molecule has 1 saturated heterocycles. The van der Waals surface area contributed by atoms with E-state index in [0.717, 1.165) is 25.3 Å². The first kappa shape index (κ1) is 15.7. The zero-order valence-corrected chi connectivity index (χ0v) is 13.7. The molecule has 1 atom stereocenters. The van der Waals surface area contributed by atoms with Gasteiger partial charge in [0.25, 0.3) is 0 Å². The van der Waals surface area contributed by atoms with Crippen molar-refractivity contribution in [3.8, 4) is 0 Å². The Bertz CT molecular complexity index is 680. The largest absolute Gasteiger partial charge is 0.445 e. The fraction of sp³-hybridized carbons (Fsp3) is 0.600. The smallest absolute Gasteiger partial charge is 0.223 e. The van der Waals surface area contributed by atoms with Gasteiger partial charge in [0.1, 0.15) is 5.76 Å². The number of amides is 1. The number of rotatable bonds is 5. The minimum atomic E-state index is 0.0197. The molecule has 0 aromatic carbocycles. The summed E-state index contributed by atoms with van der Waals surface area (Å²) >= 11 is 0. The van der Waals surface area contributed by atoms with Crippen LogP contribution >= 0.6 is 0 Å². The molecule has 0 aliphatic carbocycles. The third kappa shape index (κ3) is 3.76. The quantitative estimate of drug-likeness (QED) is 0.820. The van der Waals surface area contributed by atoms with Gasteiger partial charge in [0.2, 0.25) is 17.7 Å². The molecule has 8 heteroatoms. The van der Waals surface area contributed by atoms with Gasteiger partial charge >= 0.3 is 0 Å². The highest BCUT2D eigenvalue weighted by Crippen LogP contribution is 2.20. The van der Waals surface area contributed by atoms with E-state index in [4.69, 9.17) is 8.94 Å². The van der Waals surface area contributed by atoms with Crippen molar-refractivity contribution in [1.82, 2.24) is 24.9 Å². The minimum absolute atomic E-state index is 0.0197. The summed E-state index contributed by atoms with van der Waals surface area (Å²) in [5.74, 6) is 2.60. The van der Waals surface area contributed by atoms with Crippen LogP contribution in [0.4, 0.5) is 0 Å². The summed E-state index contributed by atoms with van der Waals surface area (Å²) in [6.45, 7) is 7.94. The molecule has 0 N–H and O–H groups in total. The van der Waals surface area contributed by atoms with Crippen LogP contribution < -0.4 is 0 Å². The fourth-order valence-electron chi connectivity index (χ4n) is 2.93. The average molecular weight is 319 g/mol. The standard InChI is InChI=1S/C15H21N5O3/c1-10-6-16-15(22-10)9-19-5-4-13(7-19)20(12(3)21)8-14-17-11(2)23-18-14/h6,13H,4-5,7-9H2,1-3H3/t13-/m1/s1. The molecule has 0 radical (unpaired) electrons. The number of oxazole rings is 1. The first-order chi connectivity index (χ1) is 11.0. The summed E-state index contributed by atoms with van der Waals surface area (Å²) in [7, 11) is 0. The maximum Gasteiger partial charge on any atom is 0.223 e. The highest BCUT2D eigenvalue weighted by Gasteiger charge is 2.30. The molecule has 0 saturated carbocycles. The van der Waals surface area contributed by atoms with Gasteiger partial charge in [-0.25, -0.2) is 4.98 Å². The van der Waals surface area contributed by atoms with Crippen molar-refractivity contribution in [2.24, 2.45) is 0 Å². The van der Waals surface area contributed by atoms with Gasteiger partial charge in [-0.05, 0) is 13.3 Å². The second-order valence-electron chi connectivity index (χ2n) is 5.92. The van der Waals surface area contributed by atoms with Gasteiger partial charge in [0.05, 0.1) is 19.3 Å². The van der Waals surface area contributed by atoms with E-state index in [1.807, 2.05) is 11.8 Å². The summed E-state index contributed by atoms with van der Waals surface area (Å²) in [4.78, 5) is 24.5. The normalized spacial score (nSPS) is 18.5. The first-order valence-electron chi connectivity index (χ1n) is 7.71. The van der Waals surface area contributed by atoms with Gasteiger partial charge in [-0.2, -0.15) is 4.98 Å². The Morgan fingerprint density at radius 3 is 2.91 bits per heavy atom. The molecule has 0 spiro atoms. The summed E-state index contributed by atoms with van der Waals surface area (Å²) < 4.78 is 10.5. The molecule has 1 fully saturated rings. The Hall–Kier alpha value is -2.22. The van der Waals surface area contributed by atoms with E-state index in [0.29, 0.717) is 30.7 Å². The van der Waals surface area contributed by atoms with E-state index >= 15 is 0 Å². The van der Waals surface area contributed by atoms with Gasteiger partial charge < -0.3 is 13.8 Å². The van der Waals surface area contributed by atoms with Crippen LogP contribution in [0.15, 0.2) is 15.1 Å². The average Bonchev–Trinajstić information content (AvgIpc) is 3.19. The molecule has 0 unspecified atom stereocenters. The van der Waals surface area contributed by atoms with Crippen molar-refractivity contribution in [2.45, 2.75) is 46.3 Å². The molecule has 1 aliphatic heterocycles. The SMILES string of the molecule is CC(=O)N(Cc1noc(C)n1)[C@@H]1CCN(Cc2ncc(C)o2)C1. The molecule has 23 heavy (non-hydrogen) atoms. The highest BCUT2D eigenvalue weighted by molar-refractivity contribution is 5.73. The number of hydrogen-bond donors (Lipinski definition) is 0. The number of likely N-dealkylation sites (tertiary alicyclic amines) is 1. The van der Waals surface area contributed by atoms with Crippen LogP contribution in [-0.2, 0) is 17.9 Å². The summed E-state index contributed by atoms with van der Waals surface area (Å²) in [6, 6.07) is 0.141. The van der Waals surface area contributed by atoms with E-state index in [1.54, 1.807) is 20.0 Å². The van der Waals surface area contributed by atoms with Crippen molar-refractivity contribution >= 4 is 5.91 Å². The Labute approximate surface area is 134 Å². The van der Waals surface area contributed by atoms with Gasteiger partial charge in [-0.15, -0.1) is 0 Å². The minimum Gasteiger partial charge on any atom is -0.445 e. The molecule has 8 nitrogen and oxygen atoms in total. The number of nitrogens with zero attached hydrogens (tertiary/aromatic N) is 5. The zero-order chi connectivity index (χ0) is 16.4. The van der Waals surface area contributed by atoms with Gasteiger partial charge in [0.15, 0.2) is 5.82 Å². The van der Waals surface area contributed by atoms with Crippen LogP contribution in [0, 0.1) is 13.8 Å². The fourth-order valence-corrected chi connectivity index (χ4v) is 2.93. The number of carbonyl (C=O) groups is 1. The van der Waals surface area contributed by atoms with E-state index < -0.39 is 0 Å². The Balaban J connectivity index is 1.61. The van der Waals surface area contributed by atoms with Crippen molar-refractivity contribution in [3.63, 3.8) is 0 Å². The topological polar surface area (TPSA) is 88.5 Å². The molecule has 1 aliphatic rings. The lowest BCUT2D eigenvalue weighted by atomic mass is 10.2. The lowest BCUT2D eigenvalue weighted by molar-refractivity contribution is -0.131. The molecule has 1 amide bonds. The molecule has 124 valence electrons. The predicted molar refractivity (Wildman–Crippen MR) is 80.2 cm³/mol. The molecular formula is C15H21N5O3. The zero-order valence-electron chi connectivity index (χ0n) is 13.7. The van der Waals surface area contributed by atoms with Crippen LogP contribution in [-0.4, -0.2) is 50.0 Å². The maximum absolute atomic E-state index is 12.0. The number of aryl methyl sites for hydroxylation is 2. The van der Waals surface area contributed by atoms with Crippen molar-refractivity contribution in [2.75, 3.05) is 13.1 Å². The Kier molecular flexibility index (Phi) is 4.42. The van der Waals surface area contributed by atoms with E-state index in [9.17, 15) is 4.79 Å². The van der Waals surface area contributed by atoms with Crippen LogP contribution in [0.2, 0.25) is 0 Å². The maximum atomic E-state index is 12.0. The summed E-state index contributed by atoms with van der Waals surface area (Å²) in [5.41, 5.74) is 0. The third-order valence-electron chi connectivity index (χ3n) is 4.00. The van der Waals surface area contributed by atoms with Crippen LogP contribution in [0.5, 0.6) is 0 Å². The monoisotopic (exact) mass is 319 g/mol. The second kappa shape index (κ2) is 6.49. The lowest BCUT2D eigenvalue weighted by Gasteiger charge is -2.26. The summed E-state index contributed by atoms with van der Waals surface area (Å²) in [6.07, 6.45) is 2.64. The molecule has 2 aromatic heterocycles. The van der Waals surface area contributed by atoms with Crippen LogP contribution in [0.1, 0.15) is 36.7 Å². The molecule has 2 aromatic rings. The first-order valence-corrected chi connectivity index (χ1v) is 7.71. The number of aromatic nitrogens is 3. The Morgan fingerprint density at radius 1 is 1.48 bits per heavy atom. The molecule has 3 rings (SSSR count). The number of hydrogen-bond acceptors (Lipinski definition) is 7. The van der Waals surface area contributed by atoms with Gasteiger partial charge in [-0.3, -0.25) is 9.69 Å². The van der Waals surface area contributed by atoms with Gasteiger partial charge in [-0.1, -0.05) is 5.16 Å². The Morgan fingerprint density at radius 2 is 2.30 bits per heavy atom. The third-order valence-corrected chi connectivity index (χ3v) is 4.00. The second-order valence-corrected chi connectivity index (χ2v) is 5.92. The van der Waals surface area contributed by atoms with Crippen molar-refractivity contribution < 1.29 is 13.7 Å². The van der Waals surface area contributed by atoms with Crippen LogP contribution in [0.3, 0.4) is 0 Å². The highest BCUT2D eigenvalue weighted by atomic mass is 16.5. The van der Waals surface area contributed by atoms with Crippen molar-refractivity contribution in [1.29, 1.82) is 0 Å². The van der Waals surface area contributed by atoms with Crippen LogP contribution in [0.25, 0.3) is 0 Å².